The fraction of sp³-hybridized carbons (Fsp3) is 0.200. The summed E-state index contributed by atoms with van der Waals surface area (Å²) in [5.74, 6) is -0.100. The van der Waals surface area contributed by atoms with Crippen molar-refractivity contribution in [2.24, 2.45) is 0 Å². The summed E-state index contributed by atoms with van der Waals surface area (Å²) in [6, 6.07) is 17.5. The van der Waals surface area contributed by atoms with Crippen LogP contribution in [0.25, 0.3) is 0 Å². The molecule has 3 rings (SSSR count). The number of carbonyl (C=O) groups is 1. The Hall–Kier alpha value is -2.88. The average molecular weight is 319 g/mol. The Morgan fingerprint density at radius 2 is 1.67 bits per heavy atom. The maximum atomic E-state index is 12.3. The van der Waals surface area contributed by atoms with E-state index in [-0.39, 0.29) is 5.91 Å². The summed E-state index contributed by atoms with van der Waals surface area (Å²) in [4.78, 5) is 12.3. The van der Waals surface area contributed by atoms with Crippen LogP contribution in [0.2, 0.25) is 0 Å². The Morgan fingerprint density at radius 1 is 1.00 bits per heavy atom. The van der Waals surface area contributed by atoms with Crippen LogP contribution in [0.15, 0.2) is 54.6 Å². The standard InChI is InChI=1S/C20H21N3O/c1-14-4-10-19(11-5-14)21-20(24)18-8-6-17(7-9-18)13-23-16(3)12-15(2)22-23/h4-12H,13H2,1-3H3,(H,21,24). The van der Waals surface area contributed by atoms with Crippen molar-refractivity contribution in [1.82, 2.24) is 9.78 Å². The van der Waals surface area contributed by atoms with Crippen molar-refractivity contribution in [2.45, 2.75) is 27.3 Å². The van der Waals surface area contributed by atoms with Gasteiger partial charge in [-0.3, -0.25) is 9.48 Å². The van der Waals surface area contributed by atoms with Gasteiger partial charge in [0.1, 0.15) is 0 Å². The average Bonchev–Trinajstić information content (AvgIpc) is 2.88. The highest BCUT2D eigenvalue weighted by Gasteiger charge is 2.07. The third-order valence-corrected chi connectivity index (χ3v) is 3.96. The van der Waals surface area contributed by atoms with E-state index in [1.54, 1.807) is 0 Å². The number of nitrogens with one attached hydrogen (secondary N) is 1. The maximum Gasteiger partial charge on any atom is 0.255 e. The molecule has 0 fully saturated rings. The first kappa shape index (κ1) is 16.0. The monoisotopic (exact) mass is 319 g/mol. The Balaban J connectivity index is 1.68. The summed E-state index contributed by atoms with van der Waals surface area (Å²) in [6.45, 7) is 6.76. The number of anilines is 1. The van der Waals surface area contributed by atoms with Crippen molar-refractivity contribution in [2.75, 3.05) is 5.32 Å². The molecule has 0 spiro atoms. The number of nitrogens with zero attached hydrogens (tertiary/aromatic N) is 2. The van der Waals surface area contributed by atoms with Crippen molar-refractivity contribution in [3.8, 4) is 0 Å². The molecule has 0 aliphatic carbocycles. The molecule has 2 aromatic carbocycles. The lowest BCUT2D eigenvalue weighted by atomic mass is 10.1. The van der Waals surface area contributed by atoms with Gasteiger partial charge >= 0.3 is 0 Å². The Morgan fingerprint density at radius 3 is 2.25 bits per heavy atom. The van der Waals surface area contributed by atoms with E-state index in [1.165, 1.54) is 5.56 Å². The van der Waals surface area contributed by atoms with Crippen LogP contribution in [-0.4, -0.2) is 15.7 Å². The van der Waals surface area contributed by atoms with Crippen molar-refractivity contribution in [1.29, 1.82) is 0 Å². The molecule has 4 heteroatoms. The molecule has 3 aromatic rings. The molecule has 0 saturated heterocycles. The molecular weight excluding hydrogens is 298 g/mol. The van der Waals surface area contributed by atoms with Crippen LogP contribution < -0.4 is 5.32 Å². The van der Waals surface area contributed by atoms with Crippen LogP contribution in [0.1, 0.15) is 32.9 Å². The lowest BCUT2D eigenvalue weighted by molar-refractivity contribution is 0.102. The molecule has 1 heterocycles. The predicted molar refractivity (Wildman–Crippen MR) is 96.4 cm³/mol. The molecule has 0 saturated carbocycles. The summed E-state index contributed by atoms with van der Waals surface area (Å²) in [7, 11) is 0. The van der Waals surface area contributed by atoms with E-state index in [1.807, 2.05) is 74.0 Å². The largest absolute Gasteiger partial charge is 0.322 e. The SMILES string of the molecule is Cc1ccc(NC(=O)c2ccc(Cn3nc(C)cc3C)cc2)cc1. The van der Waals surface area contributed by atoms with E-state index in [0.29, 0.717) is 12.1 Å². The third-order valence-electron chi connectivity index (χ3n) is 3.96. The van der Waals surface area contributed by atoms with E-state index in [9.17, 15) is 4.79 Å². The highest BCUT2D eigenvalue weighted by molar-refractivity contribution is 6.04. The summed E-state index contributed by atoms with van der Waals surface area (Å²) >= 11 is 0. The molecule has 0 bridgehead atoms. The van der Waals surface area contributed by atoms with Gasteiger partial charge in [-0.2, -0.15) is 5.10 Å². The van der Waals surface area contributed by atoms with Crippen molar-refractivity contribution >= 4 is 11.6 Å². The number of carbonyl (C=O) groups excluding carboxylic acids is 1. The predicted octanol–water partition coefficient (Wildman–Crippen LogP) is 4.11. The fourth-order valence-electron chi connectivity index (χ4n) is 2.61. The molecule has 0 unspecified atom stereocenters. The first-order chi connectivity index (χ1) is 11.5. The van der Waals surface area contributed by atoms with Crippen LogP contribution in [0.3, 0.4) is 0 Å². The normalized spacial score (nSPS) is 10.6. The second-order valence-electron chi connectivity index (χ2n) is 6.10. The molecule has 1 N–H and O–H groups in total. The van der Waals surface area contributed by atoms with Gasteiger partial charge in [-0.25, -0.2) is 0 Å². The summed E-state index contributed by atoms with van der Waals surface area (Å²) in [6.07, 6.45) is 0. The quantitative estimate of drug-likeness (QED) is 0.786. The molecule has 0 atom stereocenters. The number of amides is 1. The van der Waals surface area contributed by atoms with Gasteiger partial charge in [0.05, 0.1) is 12.2 Å². The van der Waals surface area contributed by atoms with Gasteiger partial charge in [-0.15, -0.1) is 0 Å². The molecule has 0 aliphatic heterocycles. The second-order valence-corrected chi connectivity index (χ2v) is 6.10. The Bertz CT molecular complexity index is 846. The highest BCUT2D eigenvalue weighted by Crippen LogP contribution is 2.13. The number of benzene rings is 2. The topological polar surface area (TPSA) is 46.9 Å². The third kappa shape index (κ3) is 3.71. The zero-order valence-electron chi connectivity index (χ0n) is 14.2. The van der Waals surface area contributed by atoms with Gasteiger partial charge in [0, 0.05) is 16.9 Å². The van der Waals surface area contributed by atoms with Gasteiger partial charge in [-0.1, -0.05) is 29.8 Å². The first-order valence-corrected chi connectivity index (χ1v) is 7.99. The van der Waals surface area contributed by atoms with E-state index in [4.69, 9.17) is 0 Å². The van der Waals surface area contributed by atoms with Crippen molar-refractivity contribution in [3.05, 3.63) is 82.7 Å². The van der Waals surface area contributed by atoms with Crippen molar-refractivity contribution in [3.63, 3.8) is 0 Å². The van der Waals surface area contributed by atoms with Gasteiger partial charge in [0.2, 0.25) is 0 Å². The van der Waals surface area contributed by atoms with Crippen LogP contribution in [0.5, 0.6) is 0 Å². The molecular formula is C20H21N3O. The first-order valence-electron chi connectivity index (χ1n) is 7.99. The Labute approximate surface area is 142 Å². The number of aryl methyl sites for hydroxylation is 3. The van der Waals surface area contributed by atoms with E-state index in [2.05, 4.69) is 16.5 Å². The minimum atomic E-state index is -0.100. The number of aromatic nitrogens is 2. The Kier molecular flexibility index (Phi) is 4.47. The van der Waals surface area contributed by atoms with Gasteiger partial charge in [0.15, 0.2) is 0 Å². The lowest BCUT2D eigenvalue weighted by Gasteiger charge is -2.08. The summed E-state index contributed by atoms with van der Waals surface area (Å²) < 4.78 is 1.97. The smallest absolute Gasteiger partial charge is 0.255 e. The van der Waals surface area contributed by atoms with Crippen LogP contribution in [0, 0.1) is 20.8 Å². The molecule has 0 radical (unpaired) electrons. The molecule has 122 valence electrons. The lowest BCUT2D eigenvalue weighted by Crippen LogP contribution is -2.12. The summed E-state index contributed by atoms with van der Waals surface area (Å²) in [5.41, 5.74) is 5.88. The minimum Gasteiger partial charge on any atom is -0.322 e. The maximum absolute atomic E-state index is 12.3. The van der Waals surface area contributed by atoms with Gasteiger partial charge in [-0.05, 0) is 56.7 Å². The van der Waals surface area contributed by atoms with Crippen LogP contribution in [0.4, 0.5) is 5.69 Å². The molecule has 24 heavy (non-hydrogen) atoms. The fourth-order valence-corrected chi connectivity index (χ4v) is 2.61. The minimum absolute atomic E-state index is 0.100. The molecule has 0 aliphatic rings. The zero-order chi connectivity index (χ0) is 17.1. The van der Waals surface area contributed by atoms with E-state index < -0.39 is 0 Å². The van der Waals surface area contributed by atoms with Crippen molar-refractivity contribution < 1.29 is 4.79 Å². The summed E-state index contributed by atoms with van der Waals surface area (Å²) in [5, 5.41) is 7.37. The number of hydrogen-bond donors (Lipinski definition) is 1. The second kappa shape index (κ2) is 6.71. The van der Waals surface area contributed by atoms with Gasteiger partial charge < -0.3 is 5.32 Å². The molecule has 1 amide bonds. The van der Waals surface area contributed by atoms with Crippen LogP contribution in [-0.2, 0) is 6.54 Å². The number of hydrogen-bond acceptors (Lipinski definition) is 2. The van der Waals surface area contributed by atoms with E-state index >= 15 is 0 Å². The van der Waals surface area contributed by atoms with Gasteiger partial charge in [0.25, 0.3) is 5.91 Å². The number of rotatable bonds is 4. The van der Waals surface area contributed by atoms with Crippen LogP contribution >= 0.6 is 0 Å². The molecule has 4 nitrogen and oxygen atoms in total. The zero-order valence-corrected chi connectivity index (χ0v) is 14.2. The van der Waals surface area contributed by atoms with E-state index in [0.717, 1.165) is 22.6 Å². The molecule has 1 aromatic heterocycles. The highest BCUT2D eigenvalue weighted by atomic mass is 16.1.